The van der Waals surface area contributed by atoms with E-state index in [1.165, 1.54) is 12.1 Å². The summed E-state index contributed by atoms with van der Waals surface area (Å²) in [6.07, 6.45) is 7.33. The van der Waals surface area contributed by atoms with E-state index in [4.69, 9.17) is 9.15 Å². The van der Waals surface area contributed by atoms with Gasteiger partial charge in [-0.1, -0.05) is 18.2 Å². The van der Waals surface area contributed by atoms with E-state index < -0.39 is 0 Å². The van der Waals surface area contributed by atoms with Gasteiger partial charge in [-0.05, 0) is 55.3 Å². The van der Waals surface area contributed by atoms with Gasteiger partial charge in [-0.15, -0.1) is 10.2 Å². The number of aromatic nitrogens is 4. The molecule has 0 fully saturated rings. The number of ether oxygens (including phenoxy) is 1. The van der Waals surface area contributed by atoms with Crippen LogP contribution in [0.25, 0.3) is 17.8 Å². The summed E-state index contributed by atoms with van der Waals surface area (Å²) in [4.78, 5) is 4.26. The normalized spacial score (nSPS) is 12.4. The highest BCUT2D eigenvalue weighted by Crippen LogP contribution is 2.26. The van der Waals surface area contributed by atoms with E-state index >= 15 is 0 Å². The Hall–Kier alpha value is -3.74. The molecule has 0 spiro atoms. The molecule has 0 saturated carbocycles. The van der Waals surface area contributed by atoms with Gasteiger partial charge in [0, 0.05) is 12.3 Å². The quantitative estimate of drug-likeness (QED) is 0.451. The third kappa shape index (κ3) is 4.15. The first kappa shape index (κ1) is 19.6. The van der Waals surface area contributed by atoms with Gasteiger partial charge in [0.2, 0.25) is 11.8 Å². The Kier molecular flexibility index (Phi) is 5.43. The molecule has 4 rings (SSSR count). The summed E-state index contributed by atoms with van der Waals surface area (Å²) < 4.78 is 26.3. The van der Waals surface area contributed by atoms with E-state index in [2.05, 4.69) is 15.2 Å². The van der Waals surface area contributed by atoms with Crippen LogP contribution in [0.5, 0.6) is 5.75 Å². The Bertz CT molecular complexity index is 1180. The number of hydrogen-bond donors (Lipinski definition) is 0. The van der Waals surface area contributed by atoms with Crippen molar-refractivity contribution >= 4 is 12.2 Å². The summed E-state index contributed by atoms with van der Waals surface area (Å²) in [5.74, 6) is 1.20. The topological polar surface area (TPSA) is 66.0 Å². The fourth-order valence-electron chi connectivity index (χ4n) is 3.11. The molecular formula is C23H21FN4O2. The molecule has 0 aliphatic heterocycles. The number of methoxy groups -OCH3 is 1. The number of hydrogen-bond acceptors (Lipinski definition) is 5. The van der Waals surface area contributed by atoms with Crippen LogP contribution in [0.1, 0.15) is 41.4 Å². The van der Waals surface area contributed by atoms with E-state index in [9.17, 15) is 4.39 Å². The number of rotatable bonds is 6. The van der Waals surface area contributed by atoms with Crippen LogP contribution >= 0.6 is 0 Å². The third-order valence-corrected chi connectivity index (χ3v) is 4.81. The largest absolute Gasteiger partial charge is 0.495 e. The zero-order valence-electron chi connectivity index (χ0n) is 16.9. The lowest BCUT2D eigenvalue weighted by Gasteiger charge is -2.09. The minimum atomic E-state index is -0.273. The molecule has 152 valence electrons. The van der Waals surface area contributed by atoms with E-state index in [1.807, 2.05) is 48.9 Å². The smallest absolute Gasteiger partial charge is 0.240 e. The lowest BCUT2D eigenvalue weighted by Crippen LogP contribution is -1.96. The zero-order chi connectivity index (χ0) is 21.1. The number of halogens is 1. The van der Waals surface area contributed by atoms with Crippen LogP contribution < -0.4 is 4.74 Å². The second kappa shape index (κ2) is 8.32. The van der Waals surface area contributed by atoms with Crippen molar-refractivity contribution in [2.24, 2.45) is 0 Å². The summed E-state index contributed by atoms with van der Waals surface area (Å²) in [7, 11) is 1.64. The highest BCUT2D eigenvalue weighted by atomic mass is 19.1. The number of benzene rings is 2. The van der Waals surface area contributed by atoms with Crippen LogP contribution in [0, 0.1) is 12.7 Å². The molecule has 0 amide bonds. The maximum atomic E-state index is 13.1. The average Bonchev–Trinajstić information content (AvgIpc) is 3.41. The van der Waals surface area contributed by atoms with Gasteiger partial charge in [-0.3, -0.25) is 0 Å². The molecule has 1 atom stereocenters. The van der Waals surface area contributed by atoms with Gasteiger partial charge in [0.05, 0.1) is 30.7 Å². The number of aryl methyl sites for hydroxylation is 1. The fourth-order valence-corrected chi connectivity index (χ4v) is 3.11. The molecule has 0 radical (unpaired) electrons. The summed E-state index contributed by atoms with van der Waals surface area (Å²) in [6, 6.07) is 12.2. The summed E-state index contributed by atoms with van der Waals surface area (Å²) in [5.41, 5.74) is 3.68. The van der Waals surface area contributed by atoms with Crippen molar-refractivity contribution in [3.8, 4) is 11.4 Å². The van der Waals surface area contributed by atoms with Crippen molar-refractivity contribution < 1.29 is 13.5 Å². The Balaban J connectivity index is 1.52. The van der Waals surface area contributed by atoms with Crippen molar-refractivity contribution in [2.75, 3.05) is 7.11 Å². The van der Waals surface area contributed by atoms with E-state index in [0.717, 1.165) is 28.3 Å². The van der Waals surface area contributed by atoms with Crippen molar-refractivity contribution in [1.29, 1.82) is 0 Å². The van der Waals surface area contributed by atoms with Crippen LogP contribution in [0.2, 0.25) is 0 Å². The standard InChI is InChI=1S/C23H21FN4O2/c1-15-13-28(14-25-15)20-10-4-17(12-21(20)29-3)5-11-22-26-27-23(30-22)16(2)18-6-8-19(24)9-7-18/h4-14,16H,1-3H3. The number of imidazole rings is 1. The minimum Gasteiger partial charge on any atom is -0.495 e. The second-order valence-corrected chi connectivity index (χ2v) is 6.94. The van der Waals surface area contributed by atoms with Gasteiger partial charge < -0.3 is 13.7 Å². The van der Waals surface area contributed by atoms with Crippen molar-refractivity contribution in [2.45, 2.75) is 19.8 Å². The maximum Gasteiger partial charge on any atom is 0.240 e. The van der Waals surface area contributed by atoms with Gasteiger partial charge in [0.1, 0.15) is 11.6 Å². The fraction of sp³-hybridized carbons (Fsp3) is 0.174. The van der Waals surface area contributed by atoms with Crippen molar-refractivity contribution in [3.63, 3.8) is 0 Å². The Morgan fingerprint density at radius 1 is 1.10 bits per heavy atom. The molecule has 2 aromatic carbocycles. The molecule has 30 heavy (non-hydrogen) atoms. The van der Waals surface area contributed by atoms with Gasteiger partial charge in [0.25, 0.3) is 0 Å². The molecule has 6 nitrogen and oxygen atoms in total. The predicted molar refractivity (Wildman–Crippen MR) is 112 cm³/mol. The summed E-state index contributed by atoms with van der Waals surface area (Å²) >= 11 is 0. The van der Waals surface area contributed by atoms with Gasteiger partial charge in [-0.2, -0.15) is 0 Å². The molecule has 0 aliphatic carbocycles. The lowest BCUT2D eigenvalue weighted by atomic mass is 10.0. The molecular weight excluding hydrogens is 383 g/mol. The molecule has 0 saturated heterocycles. The molecule has 0 N–H and O–H groups in total. The lowest BCUT2D eigenvalue weighted by molar-refractivity contribution is 0.413. The van der Waals surface area contributed by atoms with E-state index in [1.54, 1.807) is 31.6 Å². The predicted octanol–water partition coefficient (Wildman–Crippen LogP) is 5.03. The van der Waals surface area contributed by atoms with Crippen LogP contribution in [0.15, 0.2) is 59.4 Å². The van der Waals surface area contributed by atoms with Crippen LogP contribution in [-0.4, -0.2) is 26.9 Å². The second-order valence-electron chi connectivity index (χ2n) is 6.94. The van der Waals surface area contributed by atoms with Crippen molar-refractivity contribution in [3.05, 3.63) is 89.4 Å². The van der Waals surface area contributed by atoms with E-state index in [0.29, 0.717) is 11.8 Å². The SMILES string of the molecule is COc1cc(C=Cc2nnc(C(C)c3ccc(F)cc3)o2)ccc1-n1cnc(C)c1. The highest BCUT2D eigenvalue weighted by molar-refractivity contribution is 5.68. The molecule has 0 aliphatic rings. The van der Waals surface area contributed by atoms with Crippen LogP contribution in [0.3, 0.4) is 0 Å². The minimum absolute atomic E-state index is 0.127. The molecule has 2 aromatic heterocycles. The van der Waals surface area contributed by atoms with Gasteiger partial charge >= 0.3 is 0 Å². The van der Waals surface area contributed by atoms with Crippen molar-refractivity contribution in [1.82, 2.24) is 19.7 Å². The Morgan fingerprint density at radius 2 is 1.90 bits per heavy atom. The van der Waals surface area contributed by atoms with Gasteiger partial charge in [-0.25, -0.2) is 9.37 Å². The first-order chi connectivity index (χ1) is 14.5. The third-order valence-electron chi connectivity index (χ3n) is 4.81. The monoisotopic (exact) mass is 404 g/mol. The Labute approximate surface area is 173 Å². The highest BCUT2D eigenvalue weighted by Gasteiger charge is 2.15. The first-order valence-corrected chi connectivity index (χ1v) is 9.49. The summed E-state index contributed by atoms with van der Waals surface area (Å²) in [6.45, 7) is 3.88. The molecule has 2 heterocycles. The molecule has 1 unspecified atom stereocenters. The van der Waals surface area contributed by atoms with E-state index in [-0.39, 0.29) is 11.7 Å². The Morgan fingerprint density at radius 3 is 2.60 bits per heavy atom. The first-order valence-electron chi connectivity index (χ1n) is 9.49. The van der Waals surface area contributed by atoms with Crippen LogP contribution in [-0.2, 0) is 0 Å². The molecule has 0 bridgehead atoms. The molecule has 4 aromatic rings. The number of nitrogens with zero attached hydrogens (tertiary/aromatic N) is 4. The average molecular weight is 404 g/mol. The maximum absolute atomic E-state index is 13.1. The molecule has 7 heteroatoms. The van der Waals surface area contributed by atoms with Gasteiger partial charge in [0.15, 0.2) is 0 Å². The summed E-state index contributed by atoms with van der Waals surface area (Å²) in [5, 5.41) is 8.21. The van der Waals surface area contributed by atoms with Crippen LogP contribution in [0.4, 0.5) is 4.39 Å². The zero-order valence-corrected chi connectivity index (χ0v) is 16.9.